The van der Waals surface area contributed by atoms with E-state index in [1.54, 1.807) is 7.11 Å². The standard InChI is InChI=1S/C24H29N3O4/c1-25-10-16-12-26(13-17(16)11-25)22(28)20-19-6-7-24(31-19)14-27(23(29)21(20)24)9-15-4-3-5-18(8-15)30-2/h3-8,16-17,19-21H,9-14H2,1-2H3/t16-,17+,19-,20?,21?,24-/m0/s1. The summed E-state index contributed by atoms with van der Waals surface area (Å²) in [5.74, 6) is 1.22. The summed E-state index contributed by atoms with van der Waals surface area (Å²) >= 11 is 0. The number of rotatable bonds is 4. The minimum Gasteiger partial charge on any atom is -0.497 e. The first kappa shape index (κ1) is 19.3. The van der Waals surface area contributed by atoms with Crippen LogP contribution in [0.25, 0.3) is 0 Å². The van der Waals surface area contributed by atoms with Crippen molar-refractivity contribution in [1.29, 1.82) is 0 Å². The lowest BCUT2D eigenvalue weighted by Crippen LogP contribution is -2.46. The number of methoxy groups -OCH3 is 1. The molecule has 2 unspecified atom stereocenters. The number of benzene rings is 1. The minimum atomic E-state index is -0.656. The van der Waals surface area contributed by atoms with Crippen LogP contribution in [0.2, 0.25) is 0 Å². The largest absolute Gasteiger partial charge is 0.497 e. The van der Waals surface area contributed by atoms with Gasteiger partial charge in [0.1, 0.15) is 11.4 Å². The second-order valence-corrected chi connectivity index (χ2v) is 9.93. The third kappa shape index (κ3) is 2.86. The summed E-state index contributed by atoms with van der Waals surface area (Å²) in [6.45, 7) is 4.72. The number of hydrogen-bond donors (Lipinski definition) is 0. The van der Waals surface area contributed by atoms with Gasteiger partial charge >= 0.3 is 0 Å². The lowest BCUT2D eigenvalue weighted by molar-refractivity contribution is -0.143. The van der Waals surface area contributed by atoms with E-state index in [9.17, 15) is 9.59 Å². The minimum absolute atomic E-state index is 0.0344. The van der Waals surface area contributed by atoms with Crippen LogP contribution in [0.15, 0.2) is 36.4 Å². The summed E-state index contributed by atoms with van der Waals surface area (Å²) in [7, 11) is 3.79. The lowest BCUT2D eigenvalue weighted by atomic mass is 9.76. The summed E-state index contributed by atoms with van der Waals surface area (Å²) in [5, 5.41) is 0. The second-order valence-electron chi connectivity index (χ2n) is 9.93. The molecule has 0 aliphatic carbocycles. The Morgan fingerprint density at radius 1 is 1.23 bits per heavy atom. The second kappa shape index (κ2) is 6.81. The molecule has 0 radical (unpaired) electrons. The summed E-state index contributed by atoms with van der Waals surface area (Å²) < 4.78 is 11.6. The summed E-state index contributed by atoms with van der Waals surface area (Å²) in [5.41, 5.74) is 0.360. The highest BCUT2D eigenvalue weighted by Gasteiger charge is 2.67. The Morgan fingerprint density at radius 3 is 2.74 bits per heavy atom. The van der Waals surface area contributed by atoms with E-state index >= 15 is 0 Å². The maximum Gasteiger partial charge on any atom is 0.230 e. The monoisotopic (exact) mass is 423 g/mol. The van der Waals surface area contributed by atoms with Crippen LogP contribution in [0, 0.1) is 23.7 Å². The first-order chi connectivity index (χ1) is 15.0. The van der Waals surface area contributed by atoms with Crippen LogP contribution in [0.4, 0.5) is 0 Å². The Hall–Kier alpha value is -2.38. The van der Waals surface area contributed by atoms with Gasteiger partial charge in [0.2, 0.25) is 11.8 Å². The molecule has 164 valence electrons. The Labute approximate surface area is 182 Å². The smallest absolute Gasteiger partial charge is 0.230 e. The molecule has 5 aliphatic heterocycles. The van der Waals surface area contributed by atoms with Crippen LogP contribution in [0.3, 0.4) is 0 Å². The van der Waals surface area contributed by atoms with Crippen molar-refractivity contribution in [2.75, 3.05) is 46.9 Å². The number of nitrogens with zero attached hydrogens (tertiary/aromatic N) is 3. The molecule has 0 aromatic heterocycles. The molecule has 1 aromatic rings. The van der Waals surface area contributed by atoms with Crippen molar-refractivity contribution in [3.05, 3.63) is 42.0 Å². The molecule has 7 heteroatoms. The van der Waals surface area contributed by atoms with Gasteiger partial charge in [-0.25, -0.2) is 0 Å². The van der Waals surface area contributed by atoms with Gasteiger partial charge in [-0.1, -0.05) is 24.3 Å². The van der Waals surface area contributed by atoms with Crippen molar-refractivity contribution in [2.24, 2.45) is 23.7 Å². The molecule has 2 amide bonds. The zero-order valence-corrected chi connectivity index (χ0v) is 18.1. The molecular formula is C24H29N3O4. The summed E-state index contributed by atoms with van der Waals surface area (Å²) in [4.78, 5) is 33.3. The highest BCUT2D eigenvalue weighted by Crippen LogP contribution is 2.53. The Morgan fingerprint density at radius 2 is 2.00 bits per heavy atom. The zero-order chi connectivity index (χ0) is 21.3. The first-order valence-corrected chi connectivity index (χ1v) is 11.2. The van der Waals surface area contributed by atoms with Crippen LogP contribution in [-0.4, -0.2) is 85.1 Å². The molecule has 0 saturated carbocycles. The van der Waals surface area contributed by atoms with E-state index in [1.807, 2.05) is 46.2 Å². The predicted octanol–water partition coefficient (Wildman–Crippen LogP) is 0.997. The third-order valence-electron chi connectivity index (χ3n) is 7.95. The number of hydrogen-bond acceptors (Lipinski definition) is 5. The van der Waals surface area contributed by atoms with E-state index in [2.05, 4.69) is 11.9 Å². The molecule has 5 aliphatic rings. The molecule has 31 heavy (non-hydrogen) atoms. The molecule has 6 atom stereocenters. The van der Waals surface area contributed by atoms with E-state index in [0.717, 1.165) is 37.5 Å². The molecule has 6 rings (SSSR count). The Balaban J connectivity index is 1.21. The number of carbonyl (C=O) groups is 2. The number of likely N-dealkylation sites (tertiary alicyclic amines) is 3. The van der Waals surface area contributed by atoms with Gasteiger partial charge in [-0.2, -0.15) is 0 Å². The molecule has 4 fully saturated rings. The summed E-state index contributed by atoms with van der Waals surface area (Å²) in [6, 6.07) is 7.78. The molecule has 2 bridgehead atoms. The SMILES string of the molecule is COc1cccc(CN2C[C@]34C=C[C@H](O3)C(C(=O)N3C[C@H]5CN(C)C[C@H]5C3)C4C2=O)c1. The molecule has 1 spiro atoms. The fourth-order valence-corrected chi connectivity index (χ4v) is 6.60. The number of carbonyl (C=O) groups excluding carboxylic acids is 2. The number of fused-ring (bicyclic) bond motifs is 2. The molecule has 5 heterocycles. The molecular weight excluding hydrogens is 394 g/mol. The molecule has 1 aromatic carbocycles. The van der Waals surface area contributed by atoms with Gasteiger partial charge < -0.3 is 24.2 Å². The maximum atomic E-state index is 13.6. The van der Waals surface area contributed by atoms with Crippen LogP contribution in [-0.2, 0) is 20.9 Å². The van der Waals surface area contributed by atoms with Crippen LogP contribution >= 0.6 is 0 Å². The number of ether oxygens (including phenoxy) is 2. The van der Waals surface area contributed by atoms with Crippen molar-refractivity contribution in [3.8, 4) is 5.75 Å². The average Bonchev–Trinajstić information content (AvgIpc) is 3.53. The van der Waals surface area contributed by atoms with Crippen molar-refractivity contribution in [2.45, 2.75) is 18.2 Å². The molecule has 4 saturated heterocycles. The summed E-state index contributed by atoms with van der Waals surface area (Å²) in [6.07, 6.45) is 3.76. The average molecular weight is 424 g/mol. The van der Waals surface area contributed by atoms with Gasteiger partial charge in [0, 0.05) is 32.7 Å². The zero-order valence-electron chi connectivity index (χ0n) is 18.1. The topological polar surface area (TPSA) is 62.3 Å². The van der Waals surface area contributed by atoms with E-state index in [4.69, 9.17) is 9.47 Å². The highest BCUT2D eigenvalue weighted by atomic mass is 16.5. The van der Waals surface area contributed by atoms with E-state index in [0.29, 0.717) is 24.9 Å². The quantitative estimate of drug-likeness (QED) is 0.676. The van der Waals surface area contributed by atoms with Gasteiger partial charge in [0.25, 0.3) is 0 Å². The highest BCUT2D eigenvalue weighted by molar-refractivity contribution is 5.93. The molecule has 7 nitrogen and oxygen atoms in total. The van der Waals surface area contributed by atoms with Gasteiger partial charge in [0.15, 0.2) is 0 Å². The Bertz CT molecular complexity index is 950. The predicted molar refractivity (Wildman–Crippen MR) is 113 cm³/mol. The lowest BCUT2D eigenvalue weighted by Gasteiger charge is -2.28. The van der Waals surface area contributed by atoms with Gasteiger partial charge in [-0.3, -0.25) is 9.59 Å². The van der Waals surface area contributed by atoms with E-state index in [1.165, 1.54) is 0 Å². The molecule has 0 N–H and O–H groups in total. The normalized spacial score (nSPS) is 38.3. The van der Waals surface area contributed by atoms with Crippen molar-refractivity contribution in [3.63, 3.8) is 0 Å². The van der Waals surface area contributed by atoms with Gasteiger partial charge in [0.05, 0.1) is 31.6 Å². The van der Waals surface area contributed by atoms with Gasteiger partial charge in [-0.15, -0.1) is 0 Å². The van der Waals surface area contributed by atoms with Gasteiger partial charge in [-0.05, 0) is 36.6 Å². The van der Waals surface area contributed by atoms with Crippen molar-refractivity contribution >= 4 is 11.8 Å². The van der Waals surface area contributed by atoms with Crippen LogP contribution < -0.4 is 4.74 Å². The van der Waals surface area contributed by atoms with Crippen LogP contribution in [0.1, 0.15) is 5.56 Å². The fourth-order valence-electron chi connectivity index (χ4n) is 6.60. The Kier molecular flexibility index (Phi) is 4.24. The van der Waals surface area contributed by atoms with Crippen molar-refractivity contribution in [1.82, 2.24) is 14.7 Å². The van der Waals surface area contributed by atoms with Crippen LogP contribution in [0.5, 0.6) is 5.75 Å². The fraction of sp³-hybridized carbons (Fsp3) is 0.583. The van der Waals surface area contributed by atoms with E-state index in [-0.39, 0.29) is 17.9 Å². The number of amides is 2. The third-order valence-corrected chi connectivity index (χ3v) is 7.95. The van der Waals surface area contributed by atoms with E-state index < -0.39 is 17.4 Å². The maximum absolute atomic E-state index is 13.6. The van der Waals surface area contributed by atoms with Crippen molar-refractivity contribution < 1.29 is 19.1 Å². The first-order valence-electron chi connectivity index (χ1n) is 11.2.